The molecule has 152 valence electrons. The van der Waals surface area contributed by atoms with Crippen molar-refractivity contribution in [2.24, 2.45) is 11.5 Å². The van der Waals surface area contributed by atoms with Crippen molar-refractivity contribution < 1.29 is 14.0 Å². The Morgan fingerprint density at radius 2 is 1.86 bits per heavy atom. The molecule has 2 aromatic carbocycles. The van der Waals surface area contributed by atoms with Crippen molar-refractivity contribution in [3.63, 3.8) is 0 Å². The standard InChI is InChI=1S/C20H22FN5O2S/c1-11(22)7-18(29)26-15-10-16(14(21)9-13(15)19(23)27)25-17(20(24)28)8-12-5-3-2-4-6-12/h2-7,9-10,17,22,25-26,29H,8H2,1H3,(H2,23,27)(H2,24,28)/b18-7-,22-11?/t17-/m1/s1. The highest BCUT2D eigenvalue weighted by molar-refractivity contribution is 7.84. The molecule has 2 amide bonds. The molecule has 0 heterocycles. The summed E-state index contributed by atoms with van der Waals surface area (Å²) in [4.78, 5) is 23.6. The third kappa shape index (κ3) is 6.35. The molecule has 0 aliphatic carbocycles. The number of amides is 2. The lowest BCUT2D eigenvalue weighted by atomic mass is 10.0. The van der Waals surface area contributed by atoms with Crippen LogP contribution < -0.4 is 22.1 Å². The quantitative estimate of drug-likeness (QED) is 0.277. The maximum atomic E-state index is 14.6. The summed E-state index contributed by atoms with van der Waals surface area (Å²) in [6, 6.07) is 10.5. The summed E-state index contributed by atoms with van der Waals surface area (Å²) in [5, 5.41) is 13.3. The fourth-order valence-electron chi connectivity index (χ4n) is 2.63. The van der Waals surface area contributed by atoms with Gasteiger partial charge in [0.2, 0.25) is 5.91 Å². The second kappa shape index (κ2) is 9.74. The molecule has 0 bridgehead atoms. The van der Waals surface area contributed by atoms with Gasteiger partial charge in [-0.3, -0.25) is 9.59 Å². The predicted molar refractivity (Wildman–Crippen MR) is 116 cm³/mol. The van der Waals surface area contributed by atoms with Crippen LogP contribution >= 0.6 is 12.6 Å². The Kier molecular flexibility index (Phi) is 7.38. The Balaban J connectivity index is 2.37. The number of hydrogen-bond acceptors (Lipinski definition) is 6. The molecule has 2 rings (SSSR count). The van der Waals surface area contributed by atoms with Gasteiger partial charge in [0.05, 0.1) is 22.0 Å². The Hall–Kier alpha value is -3.33. The van der Waals surface area contributed by atoms with E-state index in [2.05, 4.69) is 23.3 Å². The fourth-order valence-corrected chi connectivity index (χ4v) is 2.94. The lowest BCUT2D eigenvalue weighted by Crippen LogP contribution is -2.37. The number of anilines is 2. The van der Waals surface area contributed by atoms with Crippen molar-refractivity contribution in [1.82, 2.24) is 0 Å². The number of allylic oxidation sites excluding steroid dienone is 1. The number of carbonyl (C=O) groups excluding carboxylic acids is 2. The zero-order valence-electron chi connectivity index (χ0n) is 15.7. The van der Waals surface area contributed by atoms with E-state index in [1.165, 1.54) is 12.1 Å². The molecule has 7 nitrogen and oxygen atoms in total. The average Bonchev–Trinajstić information content (AvgIpc) is 2.63. The van der Waals surface area contributed by atoms with Gasteiger partial charge in [-0.2, -0.15) is 0 Å². The minimum atomic E-state index is -0.881. The maximum absolute atomic E-state index is 14.6. The molecule has 0 radical (unpaired) electrons. The fraction of sp³-hybridized carbons (Fsp3) is 0.150. The normalized spacial score (nSPS) is 12.2. The molecule has 0 unspecified atom stereocenters. The van der Waals surface area contributed by atoms with Crippen LogP contribution in [0, 0.1) is 11.2 Å². The van der Waals surface area contributed by atoms with Gasteiger partial charge in [0, 0.05) is 12.1 Å². The first-order chi connectivity index (χ1) is 13.7. The average molecular weight is 415 g/mol. The maximum Gasteiger partial charge on any atom is 0.250 e. The van der Waals surface area contributed by atoms with E-state index in [-0.39, 0.29) is 34.1 Å². The van der Waals surface area contributed by atoms with Crippen molar-refractivity contribution in [2.75, 3.05) is 10.6 Å². The highest BCUT2D eigenvalue weighted by Gasteiger charge is 2.20. The Morgan fingerprint density at radius 1 is 1.21 bits per heavy atom. The second-order valence-electron chi connectivity index (χ2n) is 6.37. The molecular formula is C20H22FN5O2S. The predicted octanol–water partition coefficient (Wildman–Crippen LogP) is 2.66. The molecule has 0 saturated carbocycles. The largest absolute Gasteiger partial charge is 0.371 e. The van der Waals surface area contributed by atoms with Crippen LogP contribution in [-0.4, -0.2) is 23.6 Å². The molecule has 0 fully saturated rings. The first kappa shape index (κ1) is 22.0. The smallest absolute Gasteiger partial charge is 0.250 e. The van der Waals surface area contributed by atoms with Gasteiger partial charge in [-0.15, -0.1) is 12.6 Å². The SMILES string of the molecule is CC(=N)/C=C(\S)Nc1cc(N[C@H](Cc2ccccc2)C(N)=O)c(F)cc1C(N)=O. The third-order valence-corrected chi connectivity index (χ3v) is 4.19. The molecule has 0 saturated heterocycles. The van der Waals surface area contributed by atoms with E-state index in [9.17, 15) is 14.0 Å². The molecule has 0 aliphatic heterocycles. The van der Waals surface area contributed by atoms with Crippen molar-refractivity contribution in [3.05, 3.63) is 70.5 Å². The summed E-state index contributed by atoms with van der Waals surface area (Å²) in [7, 11) is 0. The van der Waals surface area contributed by atoms with Crippen LogP contribution in [0.25, 0.3) is 0 Å². The number of thiol groups is 1. The molecule has 1 atom stereocenters. The highest BCUT2D eigenvalue weighted by Crippen LogP contribution is 2.27. The summed E-state index contributed by atoms with van der Waals surface area (Å²) < 4.78 is 14.6. The molecule has 0 spiro atoms. The molecule has 2 aromatic rings. The molecule has 7 N–H and O–H groups in total. The van der Waals surface area contributed by atoms with Gasteiger partial charge in [0.25, 0.3) is 5.91 Å². The van der Waals surface area contributed by atoms with E-state index < -0.39 is 23.7 Å². The van der Waals surface area contributed by atoms with E-state index in [0.717, 1.165) is 11.6 Å². The number of rotatable bonds is 9. The number of primary amides is 2. The topological polar surface area (TPSA) is 134 Å². The minimum absolute atomic E-state index is 0.0371. The summed E-state index contributed by atoms with van der Waals surface area (Å²) in [5.74, 6) is -2.27. The Labute approximate surface area is 173 Å². The van der Waals surface area contributed by atoms with Crippen LogP contribution in [0.1, 0.15) is 22.8 Å². The Morgan fingerprint density at radius 3 is 2.41 bits per heavy atom. The van der Waals surface area contributed by atoms with Gasteiger partial charge in [-0.1, -0.05) is 30.3 Å². The van der Waals surface area contributed by atoms with Crippen LogP contribution in [0.5, 0.6) is 0 Å². The van der Waals surface area contributed by atoms with Gasteiger partial charge in [0.1, 0.15) is 11.9 Å². The van der Waals surface area contributed by atoms with Gasteiger partial charge >= 0.3 is 0 Å². The van der Waals surface area contributed by atoms with Gasteiger partial charge in [0.15, 0.2) is 0 Å². The van der Waals surface area contributed by atoms with Gasteiger partial charge in [-0.25, -0.2) is 4.39 Å². The van der Waals surface area contributed by atoms with Crippen molar-refractivity contribution in [2.45, 2.75) is 19.4 Å². The van der Waals surface area contributed by atoms with Crippen molar-refractivity contribution in [3.8, 4) is 0 Å². The molecule has 9 heteroatoms. The van der Waals surface area contributed by atoms with Crippen LogP contribution in [0.4, 0.5) is 15.8 Å². The summed E-state index contributed by atoms with van der Waals surface area (Å²) in [6.45, 7) is 1.55. The molecular weight excluding hydrogens is 393 g/mol. The van der Waals surface area contributed by atoms with E-state index >= 15 is 0 Å². The van der Waals surface area contributed by atoms with Crippen LogP contribution in [0.3, 0.4) is 0 Å². The van der Waals surface area contributed by atoms with E-state index in [0.29, 0.717) is 0 Å². The third-order valence-electron chi connectivity index (χ3n) is 3.94. The lowest BCUT2D eigenvalue weighted by molar-refractivity contribution is -0.118. The molecule has 29 heavy (non-hydrogen) atoms. The first-order valence-corrected chi connectivity index (χ1v) is 9.08. The molecule has 0 aromatic heterocycles. The monoisotopic (exact) mass is 415 g/mol. The van der Waals surface area contributed by atoms with E-state index in [1.54, 1.807) is 6.92 Å². The van der Waals surface area contributed by atoms with Gasteiger partial charge < -0.3 is 27.5 Å². The first-order valence-electron chi connectivity index (χ1n) is 8.63. The number of halogens is 1. The van der Waals surface area contributed by atoms with Crippen molar-refractivity contribution >= 4 is 41.5 Å². The number of nitrogens with two attached hydrogens (primary N) is 2. The zero-order valence-corrected chi connectivity index (χ0v) is 16.6. The lowest BCUT2D eigenvalue weighted by Gasteiger charge is -2.19. The summed E-state index contributed by atoms with van der Waals surface area (Å²) in [6.07, 6.45) is 1.66. The highest BCUT2D eigenvalue weighted by atomic mass is 32.1. The van der Waals surface area contributed by atoms with Gasteiger partial charge in [-0.05, 0) is 30.7 Å². The van der Waals surface area contributed by atoms with E-state index in [1.807, 2.05) is 30.3 Å². The van der Waals surface area contributed by atoms with E-state index in [4.69, 9.17) is 16.9 Å². The Bertz CT molecular complexity index is 963. The number of nitrogens with one attached hydrogen (secondary N) is 3. The van der Waals surface area contributed by atoms with Crippen LogP contribution in [0.15, 0.2) is 53.6 Å². The van der Waals surface area contributed by atoms with Crippen LogP contribution in [-0.2, 0) is 11.2 Å². The number of carbonyl (C=O) groups is 2. The van der Waals surface area contributed by atoms with Crippen molar-refractivity contribution in [1.29, 1.82) is 5.41 Å². The van der Waals surface area contributed by atoms with Crippen LogP contribution in [0.2, 0.25) is 0 Å². The second-order valence-corrected chi connectivity index (χ2v) is 6.85. The summed E-state index contributed by atoms with van der Waals surface area (Å²) in [5.41, 5.74) is 11.9. The zero-order chi connectivity index (χ0) is 21.6. The summed E-state index contributed by atoms with van der Waals surface area (Å²) >= 11 is 4.19. The number of hydrogen-bond donors (Lipinski definition) is 6. The minimum Gasteiger partial charge on any atom is -0.371 e. The molecule has 0 aliphatic rings. The number of benzene rings is 2.